The van der Waals surface area contributed by atoms with Crippen LogP contribution in [-0.2, 0) is 0 Å². The van der Waals surface area contributed by atoms with Gasteiger partial charge in [-0.15, -0.1) is 0 Å². The van der Waals surface area contributed by atoms with Gasteiger partial charge in [-0.05, 0) is 34.7 Å². The maximum atomic E-state index is 5.67. The third-order valence-corrected chi connectivity index (χ3v) is 3.25. The Balaban J connectivity index is 1.88. The van der Waals surface area contributed by atoms with Crippen molar-refractivity contribution in [3.05, 3.63) is 10.7 Å². The molecule has 5 heteroatoms. The first-order chi connectivity index (χ1) is 8.29. The molecule has 17 heavy (non-hydrogen) atoms. The first-order valence-electron chi connectivity index (χ1n) is 6.18. The molecule has 1 aliphatic carbocycles. The van der Waals surface area contributed by atoms with Crippen LogP contribution in [-0.4, -0.2) is 23.1 Å². The van der Waals surface area contributed by atoms with Gasteiger partial charge < -0.3 is 10.1 Å². The molecule has 0 atom stereocenters. The Labute approximate surface area is 110 Å². The van der Waals surface area contributed by atoms with Gasteiger partial charge in [-0.3, -0.25) is 0 Å². The van der Waals surface area contributed by atoms with Gasteiger partial charge in [0, 0.05) is 6.54 Å². The zero-order chi connectivity index (χ0) is 12.1. The Morgan fingerprint density at radius 1 is 1.53 bits per heavy atom. The Bertz CT molecular complexity index is 369. The van der Waals surface area contributed by atoms with Crippen molar-refractivity contribution in [3.63, 3.8) is 0 Å². The van der Waals surface area contributed by atoms with Gasteiger partial charge >= 0.3 is 0 Å². The predicted octanol–water partition coefficient (Wildman–Crippen LogP) is 3.24. The van der Waals surface area contributed by atoms with E-state index < -0.39 is 0 Å². The summed E-state index contributed by atoms with van der Waals surface area (Å²) in [7, 11) is 0. The predicted molar refractivity (Wildman–Crippen MR) is 71.3 cm³/mol. The number of anilines is 1. The lowest BCUT2D eigenvalue weighted by molar-refractivity contribution is 0.289. The highest BCUT2D eigenvalue weighted by atomic mass is 79.9. The van der Waals surface area contributed by atoms with E-state index in [-0.39, 0.29) is 0 Å². The summed E-state index contributed by atoms with van der Waals surface area (Å²) in [6.45, 7) is 3.73. The molecule has 1 fully saturated rings. The molecule has 1 N–H and O–H groups in total. The van der Waals surface area contributed by atoms with Crippen LogP contribution in [0.15, 0.2) is 10.7 Å². The Kier molecular flexibility index (Phi) is 4.59. The van der Waals surface area contributed by atoms with Crippen molar-refractivity contribution < 1.29 is 4.74 Å². The Morgan fingerprint density at radius 2 is 2.35 bits per heavy atom. The minimum absolute atomic E-state index is 0.636. The largest absolute Gasteiger partial charge is 0.477 e. The van der Waals surface area contributed by atoms with Crippen LogP contribution >= 0.6 is 15.9 Å². The number of hydrogen-bond acceptors (Lipinski definition) is 4. The summed E-state index contributed by atoms with van der Waals surface area (Å²) in [5.41, 5.74) is 0. The summed E-state index contributed by atoms with van der Waals surface area (Å²) in [4.78, 5) is 8.52. The van der Waals surface area contributed by atoms with Gasteiger partial charge in [0.1, 0.15) is 0 Å². The zero-order valence-corrected chi connectivity index (χ0v) is 11.7. The maximum Gasteiger partial charge on any atom is 0.232 e. The molecule has 0 bridgehead atoms. The molecule has 0 spiro atoms. The summed E-state index contributed by atoms with van der Waals surface area (Å²) in [6, 6.07) is 0. The monoisotopic (exact) mass is 299 g/mol. The van der Waals surface area contributed by atoms with E-state index >= 15 is 0 Å². The van der Waals surface area contributed by atoms with Crippen molar-refractivity contribution in [2.75, 3.05) is 18.5 Å². The van der Waals surface area contributed by atoms with Gasteiger partial charge in [0.05, 0.1) is 17.3 Å². The number of halogens is 1. The third-order valence-electron chi connectivity index (χ3n) is 2.71. The summed E-state index contributed by atoms with van der Waals surface area (Å²) in [5.74, 6) is 2.16. The van der Waals surface area contributed by atoms with Crippen LogP contribution < -0.4 is 10.1 Å². The van der Waals surface area contributed by atoms with Crippen LogP contribution in [0.25, 0.3) is 0 Å². The summed E-state index contributed by atoms with van der Waals surface area (Å²) >= 11 is 3.40. The molecular formula is C12H18BrN3O. The average molecular weight is 300 g/mol. The fraction of sp³-hybridized carbons (Fsp3) is 0.667. The smallest absolute Gasteiger partial charge is 0.232 e. The average Bonchev–Trinajstić information content (AvgIpc) is 3.14. The highest BCUT2D eigenvalue weighted by molar-refractivity contribution is 9.10. The number of aromatic nitrogens is 2. The molecule has 1 aromatic rings. The highest BCUT2D eigenvalue weighted by Crippen LogP contribution is 2.32. The molecule has 2 rings (SSSR count). The molecule has 1 aliphatic rings. The third kappa shape index (κ3) is 4.15. The van der Waals surface area contributed by atoms with Crippen LogP contribution in [0.5, 0.6) is 5.88 Å². The fourth-order valence-electron chi connectivity index (χ4n) is 1.50. The van der Waals surface area contributed by atoms with Crippen LogP contribution in [0.3, 0.4) is 0 Å². The maximum absolute atomic E-state index is 5.67. The van der Waals surface area contributed by atoms with Gasteiger partial charge in [-0.25, -0.2) is 4.98 Å². The van der Waals surface area contributed by atoms with Gasteiger partial charge in [0.2, 0.25) is 11.8 Å². The highest BCUT2D eigenvalue weighted by Gasteiger charge is 2.21. The Morgan fingerprint density at radius 3 is 3.06 bits per heavy atom. The van der Waals surface area contributed by atoms with Crippen LogP contribution in [0, 0.1) is 5.92 Å². The number of hydrogen-bond donors (Lipinski definition) is 1. The van der Waals surface area contributed by atoms with Crippen LogP contribution in [0.2, 0.25) is 0 Å². The molecule has 0 saturated heterocycles. The zero-order valence-electron chi connectivity index (χ0n) is 10.1. The lowest BCUT2D eigenvalue weighted by atomic mass is 10.3. The standard InChI is InChI=1S/C12H18BrN3O/c1-2-6-14-12-15-8-10(13)11(16-12)17-7-5-9-3-4-9/h8-9H,2-7H2,1H3,(H,14,15,16). The van der Waals surface area contributed by atoms with E-state index in [1.54, 1.807) is 6.20 Å². The van der Waals surface area contributed by atoms with E-state index in [2.05, 4.69) is 38.1 Å². The van der Waals surface area contributed by atoms with Gasteiger partial charge in [-0.2, -0.15) is 4.98 Å². The SMILES string of the molecule is CCCNc1ncc(Br)c(OCCC2CC2)n1. The molecule has 1 aromatic heterocycles. The van der Waals surface area contributed by atoms with E-state index in [0.29, 0.717) is 11.8 Å². The van der Waals surface area contributed by atoms with E-state index in [0.717, 1.165) is 36.4 Å². The van der Waals surface area contributed by atoms with E-state index in [1.807, 2.05) is 0 Å². The van der Waals surface area contributed by atoms with E-state index in [1.165, 1.54) is 12.8 Å². The lowest BCUT2D eigenvalue weighted by Crippen LogP contribution is -2.07. The van der Waals surface area contributed by atoms with Gasteiger partial charge in [0.15, 0.2) is 0 Å². The minimum Gasteiger partial charge on any atom is -0.477 e. The topological polar surface area (TPSA) is 47.0 Å². The van der Waals surface area contributed by atoms with Crippen LogP contribution in [0.4, 0.5) is 5.95 Å². The molecular weight excluding hydrogens is 282 g/mol. The van der Waals surface area contributed by atoms with Crippen molar-refractivity contribution in [2.24, 2.45) is 5.92 Å². The first kappa shape index (κ1) is 12.6. The number of nitrogens with zero attached hydrogens (tertiary/aromatic N) is 2. The van der Waals surface area contributed by atoms with Crippen molar-refractivity contribution in [2.45, 2.75) is 32.6 Å². The quantitative estimate of drug-likeness (QED) is 0.839. The van der Waals surface area contributed by atoms with E-state index in [4.69, 9.17) is 4.74 Å². The summed E-state index contributed by atoms with van der Waals surface area (Å²) < 4.78 is 6.49. The number of nitrogens with one attached hydrogen (secondary N) is 1. The van der Waals surface area contributed by atoms with Crippen molar-refractivity contribution in [3.8, 4) is 5.88 Å². The first-order valence-corrected chi connectivity index (χ1v) is 6.98. The molecule has 0 aliphatic heterocycles. The van der Waals surface area contributed by atoms with Crippen molar-refractivity contribution in [1.82, 2.24) is 9.97 Å². The molecule has 4 nitrogen and oxygen atoms in total. The van der Waals surface area contributed by atoms with Gasteiger partial charge in [-0.1, -0.05) is 19.8 Å². The summed E-state index contributed by atoms with van der Waals surface area (Å²) in [6.07, 6.45) is 6.64. The second kappa shape index (κ2) is 6.19. The van der Waals surface area contributed by atoms with E-state index in [9.17, 15) is 0 Å². The second-order valence-electron chi connectivity index (χ2n) is 4.35. The lowest BCUT2D eigenvalue weighted by Gasteiger charge is -2.08. The molecule has 0 radical (unpaired) electrons. The molecule has 1 saturated carbocycles. The molecule has 0 amide bonds. The fourth-order valence-corrected chi connectivity index (χ4v) is 1.81. The van der Waals surface area contributed by atoms with Gasteiger partial charge in [0.25, 0.3) is 0 Å². The Hall–Kier alpha value is -0.840. The normalized spacial score (nSPS) is 14.7. The van der Waals surface area contributed by atoms with Crippen molar-refractivity contribution >= 4 is 21.9 Å². The minimum atomic E-state index is 0.636. The molecule has 0 unspecified atom stereocenters. The second-order valence-corrected chi connectivity index (χ2v) is 5.21. The molecule has 1 heterocycles. The number of rotatable bonds is 7. The van der Waals surface area contributed by atoms with Crippen LogP contribution in [0.1, 0.15) is 32.6 Å². The summed E-state index contributed by atoms with van der Waals surface area (Å²) in [5, 5.41) is 3.15. The molecule has 0 aromatic carbocycles. The van der Waals surface area contributed by atoms with Crippen molar-refractivity contribution in [1.29, 1.82) is 0 Å². The number of ether oxygens (including phenoxy) is 1. The molecule has 94 valence electrons.